The second-order valence-corrected chi connectivity index (χ2v) is 4.49. The molecule has 0 amide bonds. The summed E-state index contributed by atoms with van der Waals surface area (Å²) in [6.07, 6.45) is 0. The standard InChI is InChI=1S/C13H17GeO/c1-9(2)12-6-5-7-13(8-12)10(3)11(4)15-14/h5-9H,1-4H3. The summed E-state index contributed by atoms with van der Waals surface area (Å²) < 4.78 is 5.25. The minimum atomic E-state index is 0.570. The van der Waals surface area contributed by atoms with E-state index in [0.717, 1.165) is 5.76 Å². The molecule has 1 aromatic rings. The fourth-order valence-corrected chi connectivity index (χ4v) is 1.73. The first-order chi connectivity index (χ1) is 7.06. The zero-order valence-corrected chi connectivity index (χ0v) is 11.9. The Morgan fingerprint density at radius 3 is 2.47 bits per heavy atom. The first-order valence-corrected chi connectivity index (χ1v) is 6.03. The summed E-state index contributed by atoms with van der Waals surface area (Å²) in [4.78, 5) is 0. The van der Waals surface area contributed by atoms with Gasteiger partial charge in [0.05, 0.1) is 0 Å². The zero-order chi connectivity index (χ0) is 11.4. The van der Waals surface area contributed by atoms with E-state index in [9.17, 15) is 0 Å². The van der Waals surface area contributed by atoms with Crippen LogP contribution in [0.2, 0.25) is 0 Å². The van der Waals surface area contributed by atoms with Gasteiger partial charge >= 0.3 is 101 Å². The molecule has 0 aliphatic heterocycles. The Bertz CT molecular complexity index is 367. The molecule has 1 rings (SSSR count). The van der Waals surface area contributed by atoms with Crippen LogP contribution >= 0.6 is 0 Å². The van der Waals surface area contributed by atoms with Gasteiger partial charge in [-0.25, -0.2) is 0 Å². The number of allylic oxidation sites excluding steroid dienone is 2. The van der Waals surface area contributed by atoms with Crippen LogP contribution in [0.5, 0.6) is 0 Å². The van der Waals surface area contributed by atoms with Crippen LogP contribution in [0.25, 0.3) is 5.57 Å². The van der Waals surface area contributed by atoms with Crippen molar-refractivity contribution in [2.24, 2.45) is 0 Å². The normalized spacial score (nSPS) is 12.7. The molecule has 0 heterocycles. The van der Waals surface area contributed by atoms with Crippen LogP contribution in [-0.2, 0) is 3.76 Å². The van der Waals surface area contributed by atoms with E-state index in [4.69, 9.17) is 3.76 Å². The van der Waals surface area contributed by atoms with Crippen molar-refractivity contribution in [2.45, 2.75) is 33.6 Å². The number of benzene rings is 1. The van der Waals surface area contributed by atoms with Crippen molar-refractivity contribution < 1.29 is 3.76 Å². The van der Waals surface area contributed by atoms with Crippen LogP contribution in [0.4, 0.5) is 0 Å². The molecular formula is C13H17GeO. The molecule has 1 nitrogen and oxygen atoms in total. The second kappa shape index (κ2) is 5.40. The van der Waals surface area contributed by atoms with E-state index in [2.05, 4.69) is 45.0 Å². The molecule has 0 atom stereocenters. The van der Waals surface area contributed by atoms with E-state index in [1.807, 2.05) is 6.92 Å². The zero-order valence-electron chi connectivity index (χ0n) is 9.79. The van der Waals surface area contributed by atoms with Gasteiger partial charge in [-0.2, -0.15) is 0 Å². The van der Waals surface area contributed by atoms with Crippen LogP contribution < -0.4 is 0 Å². The Balaban J connectivity index is 3.11. The summed E-state index contributed by atoms with van der Waals surface area (Å²) in [5.74, 6) is 1.55. The molecule has 0 fully saturated rings. The molecule has 0 unspecified atom stereocenters. The SMILES string of the molecule is CC([O][Ge])=C(C)c1cccc(C(C)C)c1. The van der Waals surface area contributed by atoms with E-state index in [0.29, 0.717) is 5.92 Å². The van der Waals surface area contributed by atoms with E-state index in [1.165, 1.54) is 16.7 Å². The number of rotatable bonds is 3. The Morgan fingerprint density at radius 2 is 1.93 bits per heavy atom. The minimum absolute atomic E-state index is 0.570. The Labute approximate surface area is 101 Å². The van der Waals surface area contributed by atoms with Crippen molar-refractivity contribution in [3.05, 3.63) is 41.2 Å². The van der Waals surface area contributed by atoms with Gasteiger partial charge in [-0.15, -0.1) is 0 Å². The van der Waals surface area contributed by atoms with Crippen LogP contribution in [-0.4, -0.2) is 16.9 Å². The molecule has 79 valence electrons. The van der Waals surface area contributed by atoms with Gasteiger partial charge in [0.25, 0.3) is 0 Å². The van der Waals surface area contributed by atoms with Crippen LogP contribution in [0.1, 0.15) is 44.7 Å². The summed E-state index contributed by atoms with van der Waals surface area (Å²) in [6, 6.07) is 8.65. The molecule has 2 heteroatoms. The van der Waals surface area contributed by atoms with Gasteiger partial charge in [0.1, 0.15) is 0 Å². The number of hydrogen-bond donors (Lipinski definition) is 0. The quantitative estimate of drug-likeness (QED) is 0.596. The average Bonchev–Trinajstić information content (AvgIpc) is 2.27. The maximum absolute atomic E-state index is 5.25. The maximum atomic E-state index is 5.25. The first kappa shape index (κ1) is 12.4. The van der Waals surface area contributed by atoms with Crippen LogP contribution in [0, 0.1) is 0 Å². The molecule has 3 radical (unpaired) electrons. The molecule has 0 spiro atoms. The van der Waals surface area contributed by atoms with Gasteiger partial charge in [0.15, 0.2) is 0 Å². The van der Waals surface area contributed by atoms with Gasteiger partial charge in [0.2, 0.25) is 0 Å². The third-order valence-corrected chi connectivity index (χ3v) is 3.31. The summed E-state index contributed by atoms with van der Waals surface area (Å²) in [6.45, 7) is 8.51. The van der Waals surface area contributed by atoms with Crippen LogP contribution in [0.3, 0.4) is 0 Å². The number of hydrogen-bond acceptors (Lipinski definition) is 1. The van der Waals surface area contributed by atoms with Gasteiger partial charge < -0.3 is 0 Å². The van der Waals surface area contributed by atoms with Crippen molar-refractivity contribution in [2.75, 3.05) is 0 Å². The van der Waals surface area contributed by atoms with Crippen molar-refractivity contribution in [1.29, 1.82) is 0 Å². The average molecular weight is 262 g/mol. The summed E-state index contributed by atoms with van der Waals surface area (Å²) in [7, 11) is 0. The van der Waals surface area contributed by atoms with Crippen LogP contribution in [0.15, 0.2) is 30.0 Å². The van der Waals surface area contributed by atoms with E-state index in [1.54, 1.807) is 16.9 Å². The fourth-order valence-electron chi connectivity index (χ4n) is 1.41. The van der Waals surface area contributed by atoms with Gasteiger partial charge in [-0.05, 0) is 0 Å². The molecule has 0 N–H and O–H groups in total. The molecule has 0 saturated heterocycles. The van der Waals surface area contributed by atoms with Gasteiger partial charge in [0, 0.05) is 0 Å². The van der Waals surface area contributed by atoms with Crippen molar-refractivity contribution in [3.63, 3.8) is 0 Å². The summed E-state index contributed by atoms with van der Waals surface area (Å²) in [5, 5.41) is 0. The monoisotopic (exact) mass is 263 g/mol. The summed E-state index contributed by atoms with van der Waals surface area (Å²) in [5.41, 5.74) is 3.83. The molecule has 0 saturated carbocycles. The molecule has 0 aliphatic rings. The molecule has 0 aliphatic carbocycles. The predicted octanol–water partition coefficient (Wildman–Crippen LogP) is 3.66. The first-order valence-electron chi connectivity index (χ1n) is 5.17. The molecule has 0 aromatic heterocycles. The van der Waals surface area contributed by atoms with Crippen molar-refractivity contribution in [3.8, 4) is 0 Å². The second-order valence-electron chi connectivity index (χ2n) is 4.06. The Hall–Kier alpha value is -0.697. The van der Waals surface area contributed by atoms with E-state index in [-0.39, 0.29) is 0 Å². The van der Waals surface area contributed by atoms with E-state index < -0.39 is 0 Å². The van der Waals surface area contributed by atoms with Crippen molar-refractivity contribution >= 4 is 22.4 Å². The fraction of sp³-hybridized carbons (Fsp3) is 0.385. The molecular weight excluding hydrogens is 245 g/mol. The molecule has 15 heavy (non-hydrogen) atoms. The molecule has 1 aromatic carbocycles. The Morgan fingerprint density at radius 1 is 1.27 bits per heavy atom. The Kier molecular flexibility index (Phi) is 4.46. The third-order valence-electron chi connectivity index (χ3n) is 2.67. The summed E-state index contributed by atoms with van der Waals surface area (Å²) >= 11 is 1.71. The predicted molar refractivity (Wildman–Crippen MR) is 65.6 cm³/mol. The topological polar surface area (TPSA) is 9.23 Å². The van der Waals surface area contributed by atoms with E-state index >= 15 is 0 Å². The van der Waals surface area contributed by atoms with Gasteiger partial charge in [-0.1, -0.05) is 0 Å². The molecule has 0 bridgehead atoms. The van der Waals surface area contributed by atoms with Gasteiger partial charge in [-0.3, -0.25) is 0 Å². The third kappa shape index (κ3) is 3.13. The van der Waals surface area contributed by atoms with Crippen molar-refractivity contribution in [1.82, 2.24) is 0 Å².